The van der Waals surface area contributed by atoms with Crippen LogP contribution in [-0.4, -0.2) is 31.0 Å². The molecule has 3 N–H and O–H groups in total. The number of carbonyl (C=O) groups excluding carboxylic acids is 2. The first-order valence-corrected chi connectivity index (χ1v) is 10.5. The minimum Gasteiger partial charge on any atom is -0.493 e. The van der Waals surface area contributed by atoms with Crippen molar-refractivity contribution in [3.8, 4) is 11.5 Å². The van der Waals surface area contributed by atoms with Gasteiger partial charge in [0, 0.05) is 23.0 Å². The molecule has 33 heavy (non-hydrogen) atoms. The number of methoxy groups -OCH3 is 2. The van der Waals surface area contributed by atoms with Gasteiger partial charge in [-0.1, -0.05) is 42.0 Å². The summed E-state index contributed by atoms with van der Waals surface area (Å²) < 4.78 is 10.6. The van der Waals surface area contributed by atoms with Gasteiger partial charge in [-0.25, -0.2) is 0 Å². The van der Waals surface area contributed by atoms with Crippen molar-refractivity contribution in [3.05, 3.63) is 89.1 Å². The molecule has 7 heteroatoms. The Balaban J connectivity index is 1.58. The summed E-state index contributed by atoms with van der Waals surface area (Å²) in [5, 5.41) is 6.58. The number of anilines is 1. The highest BCUT2D eigenvalue weighted by Gasteiger charge is 2.20. The number of aromatic nitrogens is 1. The molecule has 7 nitrogen and oxygen atoms in total. The third-order valence-electron chi connectivity index (χ3n) is 5.39. The third-order valence-corrected chi connectivity index (χ3v) is 5.39. The van der Waals surface area contributed by atoms with E-state index in [1.165, 1.54) is 0 Å². The maximum Gasteiger partial charge on any atom is 0.270 e. The maximum absolute atomic E-state index is 13.1. The van der Waals surface area contributed by atoms with Crippen LogP contribution in [0.5, 0.6) is 11.5 Å². The summed E-state index contributed by atoms with van der Waals surface area (Å²) in [5.41, 5.74) is 3.92. The second-order valence-electron chi connectivity index (χ2n) is 7.61. The molecule has 0 fully saturated rings. The number of nitrogens with one attached hydrogen (secondary N) is 3. The fourth-order valence-electron chi connectivity index (χ4n) is 3.59. The Morgan fingerprint density at radius 3 is 2.33 bits per heavy atom. The molecular weight excluding hydrogens is 418 g/mol. The molecule has 0 bridgehead atoms. The monoisotopic (exact) mass is 443 g/mol. The van der Waals surface area contributed by atoms with Crippen LogP contribution in [0.1, 0.15) is 32.0 Å². The van der Waals surface area contributed by atoms with Gasteiger partial charge in [0.05, 0.1) is 19.9 Å². The van der Waals surface area contributed by atoms with Crippen molar-refractivity contribution in [2.24, 2.45) is 0 Å². The zero-order valence-corrected chi connectivity index (χ0v) is 18.7. The van der Waals surface area contributed by atoms with Crippen LogP contribution in [0.2, 0.25) is 0 Å². The van der Waals surface area contributed by atoms with Crippen LogP contribution in [0.25, 0.3) is 10.9 Å². The fraction of sp³-hybridized carbons (Fsp3) is 0.154. The van der Waals surface area contributed by atoms with E-state index >= 15 is 0 Å². The van der Waals surface area contributed by atoms with E-state index in [2.05, 4.69) is 15.6 Å². The molecule has 0 aliphatic heterocycles. The number of benzene rings is 3. The first-order valence-electron chi connectivity index (χ1n) is 10.5. The average molecular weight is 444 g/mol. The highest BCUT2D eigenvalue weighted by Crippen LogP contribution is 2.29. The molecular formula is C26H25N3O4. The van der Waals surface area contributed by atoms with E-state index in [4.69, 9.17) is 9.47 Å². The van der Waals surface area contributed by atoms with E-state index < -0.39 is 0 Å². The number of hydrogen-bond acceptors (Lipinski definition) is 4. The molecule has 4 aromatic rings. The minimum absolute atomic E-state index is 0.278. The first kappa shape index (κ1) is 22.0. The van der Waals surface area contributed by atoms with Crippen molar-refractivity contribution in [2.75, 3.05) is 19.5 Å². The molecule has 0 atom stereocenters. The minimum atomic E-state index is -0.333. The van der Waals surface area contributed by atoms with Gasteiger partial charge >= 0.3 is 0 Å². The normalized spacial score (nSPS) is 10.6. The van der Waals surface area contributed by atoms with Crippen molar-refractivity contribution in [2.45, 2.75) is 13.5 Å². The van der Waals surface area contributed by atoms with Crippen LogP contribution < -0.4 is 20.1 Å². The van der Waals surface area contributed by atoms with E-state index in [1.54, 1.807) is 32.4 Å². The van der Waals surface area contributed by atoms with E-state index in [9.17, 15) is 9.59 Å². The van der Waals surface area contributed by atoms with Crippen molar-refractivity contribution < 1.29 is 19.1 Å². The molecule has 0 saturated carbocycles. The number of fused-ring (bicyclic) bond motifs is 1. The molecule has 0 radical (unpaired) electrons. The van der Waals surface area contributed by atoms with Crippen LogP contribution in [0.3, 0.4) is 0 Å². The Hall–Kier alpha value is -4.26. The van der Waals surface area contributed by atoms with Gasteiger partial charge in [-0.15, -0.1) is 0 Å². The van der Waals surface area contributed by atoms with E-state index in [0.717, 1.165) is 22.0 Å². The highest BCUT2D eigenvalue weighted by molar-refractivity contribution is 6.15. The molecule has 4 rings (SSSR count). The summed E-state index contributed by atoms with van der Waals surface area (Å²) in [7, 11) is 3.13. The quantitative estimate of drug-likeness (QED) is 0.387. The number of ether oxygens (including phenoxy) is 2. The molecule has 0 unspecified atom stereocenters. The van der Waals surface area contributed by atoms with Gasteiger partial charge in [0.15, 0.2) is 11.5 Å². The summed E-state index contributed by atoms with van der Waals surface area (Å²) in [4.78, 5) is 29.1. The lowest BCUT2D eigenvalue weighted by molar-refractivity contribution is 0.0947. The highest BCUT2D eigenvalue weighted by atomic mass is 16.5. The smallest absolute Gasteiger partial charge is 0.270 e. The van der Waals surface area contributed by atoms with Crippen LogP contribution in [0.15, 0.2) is 66.7 Å². The van der Waals surface area contributed by atoms with Crippen LogP contribution in [0.4, 0.5) is 5.69 Å². The van der Waals surface area contributed by atoms with Gasteiger partial charge in [-0.3, -0.25) is 9.59 Å². The van der Waals surface area contributed by atoms with E-state index in [-0.39, 0.29) is 24.1 Å². The number of aryl methyl sites for hydroxylation is 1. The number of carbonyl (C=O) groups is 2. The van der Waals surface area contributed by atoms with Crippen LogP contribution in [0, 0.1) is 6.92 Å². The lowest BCUT2D eigenvalue weighted by Gasteiger charge is -2.11. The third kappa shape index (κ3) is 4.67. The summed E-state index contributed by atoms with van der Waals surface area (Å²) in [6, 6.07) is 20.2. The number of para-hydroxylation sites is 1. The zero-order valence-electron chi connectivity index (χ0n) is 18.7. The van der Waals surface area contributed by atoms with E-state index in [0.29, 0.717) is 22.7 Å². The number of hydrogen-bond donors (Lipinski definition) is 3. The molecule has 0 saturated heterocycles. The Morgan fingerprint density at radius 2 is 1.61 bits per heavy atom. The molecule has 2 amide bonds. The largest absolute Gasteiger partial charge is 0.493 e. The lowest BCUT2D eigenvalue weighted by atomic mass is 10.1. The van der Waals surface area contributed by atoms with Crippen molar-refractivity contribution in [1.29, 1.82) is 0 Å². The van der Waals surface area contributed by atoms with Gasteiger partial charge in [-0.05, 0) is 42.8 Å². The van der Waals surface area contributed by atoms with Crippen molar-refractivity contribution in [1.82, 2.24) is 10.3 Å². The van der Waals surface area contributed by atoms with Crippen LogP contribution in [-0.2, 0) is 6.54 Å². The second kappa shape index (κ2) is 9.48. The van der Waals surface area contributed by atoms with Crippen molar-refractivity contribution in [3.63, 3.8) is 0 Å². The number of aromatic amines is 1. The molecule has 1 aromatic heterocycles. The predicted molar refractivity (Wildman–Crippen MR) is 128 cm³/mol. The van der Waals surface area contributed by atoms with Crippen molar-refractivity contribution >= 4 is 28.4 Å². The average Bonchev–Trinajstić information content (AvgIpc) is 3.21. The standard InChI is InChI=1S/C26H25N3O4/c1-16-8-11-18(12-9-16)25(30)29-23-19-6-4-5-7-20(19)28-24(23)26(31)27-15-17-10-13-21(32-2)22(14-17)33-3/h4-14,28H,15H2,1-3H3,(H,27,31)(H,29,30). The zero-order chi connectivity index (χ0) is 23.4. The number of H-pyrrole nitrogens is 1. The van der Waals surface area contributed by atoms with Gasteiger partial charge < -0.3 is 25.1 Å². The summed E-state index contributed by atoms with van der Waals surface area (Å²) in [6.07, 6.45) is 0. The number of amides is 2. The summed E-state index contributed by atoms with van der Waals surface area (Å²) in [5.74, 6) is 0.582. The molecule has 3 aromatic carbocycles. The molecule has 0 spiro atoms. The SMILES string of the molecule is COc1ccc(CNC(=O)c2[nH]c3ccccc3c2NC(=O)c2ccc(C)cc2)cc1OC. The molecule has 1 heterocycles. The number of rotatable bonds is 7. The Kier molecular flexibility index (Phi) is 6.31. The van der Waals surface area contributed by atoms with E-state index in [1.807, 2.05) is 55.5 Å². The topological polar surface area (TPSA) is 92.5 Å². The second-order valence-corrected chi connectivity index (χ2v) is 7.61. The maximum atomic E-state index is 13.1. The molecule has 0 aliphatic carbocycles. The predicted octanol–water partition coefficient (Wildman–Crippen LogP) is 4.68. The molecule has 168 valence electrons. The fourth-order valence-corrected chi connectivity index (χ4v) is 3.59. The molecule has 0 aliphatic rings. The van der Waals surface area contributed by atoms with Crippen LogP contribution >= 0.6 is 0 Å². The summed E-state index contributed by atoms with van der Waals surface area (Å²) >= 11 is 0. The van der Waals surface area contributed by atoms with Gasteiger partial charge in [0.2, 0.25) is 0 Å². The lowest BCUT2D eigenvalue weighted by Crippen LogP contribution is -2.25. The first-order chi connectivity index (χ1) is 16.0. The van der Waals surface area contributed by atoms with Gasteiger partial charge in [0.25, 0.3) is 11.8 Å². The Bertz CT molecular complexity index is 1310. The summed E-state index contributed by atoms with van der Waals surface area (Å²) in [6.45, 7) is 2.24. The van der Waals surface area contributed by atoms with Gasteiger partial charge in [0.1, 0.15) is 5.69 Å². The Labute approximate surface area is 191 Å². The van der Waals surface area contributed by atoms with Gasteiger partial charge in [-0.2, -0.15) is 0 Å². The Morgan fingerprint density at radius 1 is 0.879 bits per heavy atom.